The minimum Gasteiger partial charge on any atom is -0.381 e. The fourth-order valence-corrected chi connectivity index (χ4v) is 1.44. The van der Waals surface area contributed by atoms with Gasteiger partial charge < -0.3 is 10.5 Å². The van der Waals surface area contributed by atoms with Crippen LogP contribution in [-0.4, -0.2) is 19.8 Å². The zero-order valence-electron chi connectivity index (χ0n) is 9.72. The lowest BCUT2D eigenvalue weighted by atomic mass is 9.87. The molecule has 0 bridgehead atoms. The summed E-state index contributed by atoms with van der Waals surface area (Å²) in [4.78, 5) is 0. The van der Waals surface area contributed by atoms with E-state index in [1.807, 2.05) is 0 Å². The number of rotatable bonds is 8. The van der Waals surface area contributed by atoms with Crippen LogP contribution in [0.2, 0.25) is 0 Å². The normalized spacial score (nSPS) is 17.4. The molecular weight excluding hydrogens is 174 g/mol. The van der Waals surface area contributed by atoms with Crippen molar-refractivity contribution in [3.05, 3.63) is 0 Å². The van der Waals surface area contributed by atoms with E-state index in [2.05, 4.69) is 13.8 Å². The topological polar surface area (TPSA) is 35.2 Å². The van der Waals surface area contributed by atoms with E-state index in [9.17, 15) is 0 Å². The average molecular weight is 199 g/mol. The fourth-order valence-electron chi connectivity index (χ4n) is 1.44. The molecule has 1 aliphatic rings. The first-order chi connectivity index (χ1) is 6.64. The van der Waals surface area contributed by atoms with Crippen molar-refractivity contribution >= 4 is 0 Å². The molecule has 2 nitrogen and oxygen atoms in total. The van der Waals surface area contributed by atoms with E-state index in [0.29, 0.717) is 5.41 Å². The number of unbranched alkanes of at least 4 members (excludes halogenated alkanes) is 1. The van der Waals surface area contributed by atoms with Crippen molar-refractivity contribution in [3.63, 3.8) is 0 Å². The zero-order chi connectivity index (χ0) is 10.4. The molecule has 2 heteroatoms. The molecule has 0 radical (unpaired) electrons. The molecule has 0 heterocycles. The Morgan fingerprint density at radius 2 is 2.00 bits per heavy atom. The summed E-state index contributed by atoms with van der Waals surface area (Å²) in [6.45, 7) is 7.20. The Hall–Kier alpha value is -0.0800. The van der Waals surface area contributed by atoms with Crippen LogP contribution < -0.4 is 5.73 Å². The third-order valence-corrected chi connectivity index (χ3v) is 3.00. The van der Waals surface area contributed by atoms with Gasteiger partial charge in [-0.25, -0.2) is 0 Å². The number of nitrogens with two attached hydrogens (primary N) is 1. The molecule has 0 aromatic carbocycles. The summed E-state index contributed by atoms with van der Waals surface area (Å²) >= 11 is 0. The van der Waals surface area contributed by atoms with Crippen LogP contribution in [0.4, 0.5) is 0 Å². The second kappa shape index (κ2) is 5.72. The van der Waals surface area contributed by atoms with E-state index in [4.69, 9.17) is 10.5 Å². The highest BCUT2D eigenvalue weighted by Gasteiger charge is 2.21. The SMILES string of the molecule is CC(C)(CN)CCCCOCC1CC1. The van der Waals surface area contributed by atoms with Gasteiger partial charge in [-0.05, 0) is 43.6 Å². The van der Waals surface area contributed by atoms with Crippen LogP contribution >= 0.6 is 0 Å². The molecule has 0 aliphatic heterocycles. The van der Waals surface area contributed by atoms with Crippen LogP contribution in [0.1, 0.15) is 46.0 Å². The maximum atomic E-state index is 5.66. The molecule has 0 spiro atoms. The summed E-state index contributed by atoms with van der Waals surface area (Å²) in [5.41, 5.74) is 5.98. The third-order valence-electron chi connectivity index (χ3n) is 3.00. The van der Waals surface area contributed by atoms with Crippen molar-refractivity contribution in [1.82, 2.24) is 0 Å². The molecule has 0 aromatic rings. The highest BCUT2D eigenvalue weighted by atomic mass is 16.5. The van der Waals surface area contributed by atoms with Crippen LogP contribution in [0, 0.1) is 11.3 Å². The van der Waals surface area contributed by atoms with Crippen LogP contribution in [0.25, 0.3) is 0 Å². The molecular formula is C12H25NO. The first-order valence-corrected chi connectivity index (χ1v) is 5.92. The van der Waals surface area contributed by atoms with Crippen molar-refractivity contribution in [3.8, 4) is 0 Å². The van der Waals surface area contributed by atoms with E-state index >= 15 is 0 Å². The average Bonchev–Trinajstić information content (AvgIpc) is 2.95. The summed E-state index contributed by atoms with van der Waals surface area (Å²) in [6, 6.07) is 0. The van der Waals surface area contributed by atoms with Gasteiger partial charge in [0.25, 0.3) is 0 Å². The van der Waals surface area contributed by atoms with Crippen molar-refractivity contribution in [2.24, 2.45) is 17.1 Å². The summed E-state index contributed by atoms with van der Waals surface area (Å²) in [6.07, 6.45) is 6.43. The highest BCUT2D eigenvalue weighted by molar-refractivity contribution is 4.72. The van der Waals surface area contributed by atoms with Gasteiger partial charge in [0.05, 0.1) is 0 Å². The predicted molar refractivity (Wildman–Crippen MR) is 60.2 cm³/mol. The maximum Gasteiger partial charge on any atom is 0.0494 e. The van der Waals surface area contributed by atoms with Crippen molar-refractivity contribution in [1.29, 1.82) is 0 Å². The molecule has 0 amide bonds. The van der Waals surface area contributed by atoms with Gasteiger partial charge in [0.2, 0.25) is 0 Å². The molecule has 1 fully saturated rings. The van der Waals surface area contributed by atoms with E-state index in [1.165, 1.54) is 32.1 Å². The second-order valence-electron chi connectivity index (χ2n) is 5.34. The molecule has 14 heavy (non-hydrogen) atoms. The Morgan fingerprint density at radius 3 is 2.57 bits per heavy atom. The molecule has 0 unspecified atom stereocenters. The lowest BCUT2D eigenvalue weighted by Gasteiger charge is -2.21. The number of hydrogen-bond donors (Lipinski definition) is 1. The molecule has 84 valence electrons. The Balaban J connectivity index is 1.83. The minimum absolute atomic E-state index is 0.316. The van der Waals surface area contributed by atoms with Crippen LogP contribution in [0.15, 0.2) is 0 Å². The molecule has 2 N–H and O–H groups in total. The Bertz CT molecular complexity index is 152. The van der Waals surface area contributed by atoms with Gasteiger partial charge in [-0.2, -0.15) is 0 Å². The molecule has 0 saturated heterocycles. The summed E-state index contributed by atoms with van der Waals surface area (Å²) in [5.74, 6) is 0.899. The van der Waals surface area contributed by atoms with Gasteiger partial charge in [0.15, 0.2) is 0 Å². The Morgan fingerprint density at radius 1 is 1.29 bits per heavy atom. The Kier molecular flexibility index (Phi) is 4.90. The van der Waals surface area contributed by atoms with Crippen LogP contribution in [0.3, 0.4) is 0 Å². The summed E-state index contributed by atoms with van der Waals surface area (Å²) in [7, 11) is 0. The fraction of sp³-hybridized carbons (Fsp3) is 1.00. The predicted octanol–water partition coefficient (Wildman–Crippen LogP) is 2.57. The van der Waals surface area contributed by atoms with Gasteiger partial charge in [-0.3, -0.25) is 0 Å². The van der Waals surface area contributed by atoms with Gasteiger partial charge in [-0.15, -0.1) is 0 Å². The first kappa shape index (κ1) is 12.0. The summed E-state index contributed by atoms with van der Waals surface area (Å²) < 4.78 is 5.57. The third kappa shape index (κ3) is 5.61. The lowest BCUT2D eigenvalue weighted by molar-refractivity contribution is 0.118. The van der Waals surface area contributed by atoms with Crippen LogP contribution in [-0.2, 0) is 4.74 Å². The van der Waals surface area contributed by atoms with Crippen molar-refractivity contribution in [2.45, 2.75) is 46.0 Å². The summed E-state index contributed by atoms with van der Waals surface area (Å²) in [5, 5.41) is 0. The monoisotopic (exact) mass is 199 g/mol. The zero-order valence-corrected chi connectivity index (χ0v) is 9.72. The standard InChI is InChI=1S/C12H25NO/c1-12(2,10-13)7-3-4-8-14-9-11-5-6-11/h11H,3-10,13H2,1-2H3. The molecule has 1 rings (SSSR count). The minimum atomic E-state index is 0.316. The van der Waals surface area contributed by atoms with Gasteiger partial charge in [0, 0.05) is 13.2 Å². The van der Waals surface area contributed by atoms with E-state index in [0.717, 1.165) is 25.7 Å². The molecule has 0 atom stereocenters. The van der Waals surface area contributed by atoms with E-state index in [1.54, 1.807) is 0 Å². The van der Waals surface area contributed by atoms with E-state index < -0.39 is 0 Å². The first-order valence-electron chi connectivity index (χ1n) is 5.92. The van der Waals surface area contributed by atoms with Gasteiger partial charge in [0.1, 0.15) is 0 Å². The van der Waals surface area contributed by atoms with Crippen molar-refractivity contribution in [2.75, 3.05) is 19.8 Å². The largest absolute Gasteiger partial charge is 0.381 e. The quantitative estimate of drug-likeness (QED) is 0.610. The molecule has 1 aliphatic carbocycles. The van der Waals surface area contributed by atoms with Crippen LogP contribution in [0.5, 0.6) is 0 Å². The Labute approximate surface area is 88.2 Å². The lowest BCUT2D eigenvalue weighted by Crippen LogP contribution is -2.23. The molecule has 0 aromatic heterocycles. The smallest absolute Gasteiger partial charge is 0.0494 e. The number of hydrogen-bond acceptors (Lipinski definition) is 2. The van der Waals surface area contributed by atoms with E-state index in [-0.39, 0.29) is 0 Å². The van der Waals surface area contributed by atoms with Gasteiger partial charge in [-0.1, -0.05) is 20.3 Å². The number of ether oxygens (including phenoxy) is 1. The van der Waals surface area contributed by atoms with Crippen molar-refractivity contribution < 1.29 is 4.74 Å². The highest BCUT2D eigenvalue weighted by Crippen LogP contribution is 2.28. The van der Waals surface area contributed by atoms with Gasteiger partial charge >= 0.3 is 0 Å². The maximum absolute atomic E-state index is 5.66. The molecule has 1 saturated carbocycles. The second-order valence-corrected chi connectivity index (χ2v) is 5.34.